The number of aryl methyl sites for hydroxylation is 1. The van der Waals surface area contributed by atoms with E-state index in [4.69, 9.17) is 4.74 Å². The van der Waals surface area contributed by atoms with Crippen LogP contribution in [0.15, 0.2) is 40.3 Å². The number of anilines is 1. The number of fused-ring (bicyclic) bond motifs is 1. The highest BCUT2D eigenvalue weighted by molar-refractivity contribution is 7.91. The molecule has 8 nitrogen and oxygen atoms in total. The zero-order valence-corrected chi connectivity index (χ0v) is 21.0. The average molecular weight is 487 g/mol. The first-order valence-electron chi connectivity index (χ1n) is 12.1. The fraction of sp³-hybridized carbons (Fsp3) is 0.560. The van der Waals surface area contributed by atoms with E-state index in [1.54, 1.807) is 35.2 Å². The molecule has 1 N–H and O–H groups in total. The number of amides is 1. The predicted octanol–water partition coefficient (Wildman–Crippen LogP) is 4.25. The van der Waals surface area contributed by atoms with Crippen molar-refractivity contribution in [2.45, 2.75) is 74.8 Å². The number of aromatic nitrogens is 2. The number of hydrogen-bond donors (Lipinski definition) is 1. The third kappa shape index (κ3) is 5.68. The minimum Gasteiger partial charge on any atom is -0.444 e. The third-order valence-corrected chi connectivity index (χ3v) is 8.01. The van der Waals surface area contributed by atoms with Crippen molar-refractivity contribution < 1.29 is 17.9 Å². The summed E-state index contributed by atoms with van der Waals surface area (Å²) in [5.41, 5.74) is 1.08. The van der Waals surface area contributed by atoms with Gasteiger partial charge in [0.25, 0.3) is 0 Å². The van der Waals surface area contributed by atoms with E-state index in [-0.39, 0.29) is 16.0 Å². The summed E-state index contributed by atoms with van der Waals surface area (Å²) in [6, 6.07) is 8.47. The number of carbonyl (C=O) groups excluding carboxylic acids is 1. The lowest BCUT2D eigenvalue weighted by Gasteiger charge is -2.33. The van der Waals surface area contributed by atoms with Crippen LogP contribution in [-0.4, -0.2) is 54.6 Å². The zero-order valence-electron chi connectivity index (χ0n) is 20.2. The van der Waals surface area contributed by atoms with Gasteiger partial charge in [-0.1, -0.05) is 18.2 Å². The first-order chi connectivity index (χ1) is 16.1. The van der Waals surface area contributed by atoms with E-state index >= 15 is 0 Å². The topological polar surface area (TPSA) is 101 Å². The Morgan fingerprint density at radius 2 is 1.76 bits per heavy atom. The van der Waals surface area contributed by atoms with Crippen molar-refractivity contribution in [1.82, 2.24) is 14.9 Å². The Bertz CT molecular complexity index is 1120. The standard InChI is InChI=1S/C25H34N4O4S/c1-25(2,3)33-24(30)29-15-13-18(14-16-29)17-26-23-27-21-12-8-7-11-20(21)22(28-23)34(31,32)19-9-5-4-6-10-19/h4-6,9-10,18H,7-8,11-17H2,1-3H3,(H,26,27,28). The molecule has 4 rings (SSSR count). The van der Waals surface area contributed by atoms with E-state index in [9.17, 15) is 13.2 Å². The summed E-state index contributed by atoms with van der Waals surface area (Å²) in [4.78, 5) is 23.5. The molecule has 34 heavy (non-hydrogen) atoms. The molecule has 9 heteroatoms. The molecule has 2 aromatic rings. The number of benzene rings is 1. The largest absolute Gasteiger partial charge is 0.444 e. The summed E-state index contributed by atoms with van der Waals surface area (Å²) >= 11 is 0. The second-order valence-corrected chi connectivity index (χ2v) is 12.0. The highest BCUT2D eigenvalue weighted by Crippen LogP contribution is 2.30. The van der Waals surface area contributed by atoms with E-state index in [2.05, 4.69) is 15.3 Å². The van der Waals surface area contributed by atoms with E-state index in [0.29, 0.717) is 37.9 Å². The van der Waals surface area contributed by atoms with Crippen molar-refractivity contribution in [2.24, 2.45) is 5.92 Å². The van der Waals surface area contributed by atoms with Crippen molar-refractivity contribution in [3.8, 4) is 0 Å². The Kier molecular flexibility index (Phi) is 7.12. The van der Waals surface area contributed by atoms with Crippen molar-refractivity contribution in [2.75, 3.05) is 25.0 Å². The molecule has 0 spiro atoms. The summed E-state index contributed by atoms with van der Waals surface area (Å²) in [5.74, 6) is 0.706. The minimum absolute atomic E-state index is 0.130. The summed E-state index contributed by atoms with van der Waals surface area (Å²) in [7, 11) is -3.73. The van der Waals surface area contributed by atoms with Crippen LogP contribution in [0.25, 0.3) is 0 Å². The smallest absolute Gasteiger partial charge is 0.410 e. The molecular weight excluding hydrogens is 452 g/mol. The molecule has 184 valence electrons. The van der Waals surface area contributed by atoms with Crippen LogP contribution in [0, 0.1) is 5.92 Å². The van der Waals surface area contributed by atoms with Gasteiger partial charge in [-0.3, -0.25) is 0 Å². The van der Waals surface area contributed by atoms with Crippen LogP contribution in [0.2, 0.25) is 0 Å². The quantitative estimate of drug-likeness (QED) is 0.631. The maximum absolute atomic E-state index is 13.4. The summed E-state index contributed by atoms with van der Waals surface area (Å²) < 4.78 is 32.3. The number of rotatable bonds is 5. The number of ether oxygens (including phenoxy) is 1. The number of nitrogens with one attached hydrogen (secondary N) is 1. The van der Waals surface area contributed by atoms with Gasteiger partial charge in [-0.05, 0) is 77.3 Å². The molecule has 2 heterocycles. The third-order valence-electron chi connectivity index (χ3n) is 6.27. The first kappa shape index (κ1) is 24.4. The molecular formula is C25H34N4O4S. The molecule has 1 aliphatic carbocycles. The normalized spacial score (nSPS) is 17.2. The zero-order chi connectivity index (χ0) is 24.3. The van der Waals surface area contributed by atoms with Gasteiger partial charge in [0.15, 0.2) is 5.03 Å². The van der Waals surface area contributed by atoms with Crippen LogP contribution >= 0.6 is 0 Å². The number of piperidine rings is 1. The van der Waals surface area contributed by atoms with Crippen molar-refractivity contribution in [1.29, 1.82) is 0 Å². The van der Waals surface area contributed by atoms with Crippen LogP contribution in [-0.2, 0) is 27.4 Å². The number of carbonyl (C=O) groups is 1. The van der Waals surface area contributed by atoms with Crippen LogP contribution < -0.4 is 5.32 Å². The number of nitrogens with zero attached hydrogens (tertiary/aromatic N) is 3. The fourth-order valence-corrected chi connectivity index (χ4v) is 5.94. The molecule has 0 unspecified atom stereocenters. The van der Waals surface area contributed by atoms with E-state index in [1.165, 1.54) is 0 Å². The molecule has 1 saturated heterocycles. The van der Waals surface area contributed by atoms with Crippen LogP contribution in [0.4, 0.5) is 10.7 Å². The van der Waals surface area contributed by atoms with Gasteiger partial charge in [-0.25, -0.2) is 23.2 Å². The number of likely N-dealkylation sites (tertiary alicyclic amines) is 1. The van der Waals surface area contributed by atoms with Crippen LogP contribution in [0.1, 0.15) is 57.7 Å². The molecule has 0 atom stereocenters. The highest BCUT2D eigenvalue weighted by atomic mass is 32.2. The SMILES string of the molecule is CC(C)(C)OC(=O)N1CCC(CNc2nc3c(c(S(=O)(=O)c4ccccc4)n2)CCCC3)CC1. The van der Waals surface area contributed by atoms with Gasteiger partial charge in [-0.2, -0.15) is 0 Å². The lowest BCUT2D eigenvalue weighted by Crippen LogP contribution is -2.42. The first-order valence-corrected chi connectivity index (χ1v) is 13.5. The number of hydrogen-bond acceptors (Lipinski definition) is 7. The van der Waals surface area contributed by atoms with Crippen LogP contribution in [0.3, 0.4) is 0 Å². The molecule has 0 saturated carbocycles. The second-order valence-electron chi connectivity index (χ2n) is 10.1. The van der Waals surface area contributed by atoms with Gasteiger partial charge >= 0.3 is 6.09 Å². The molecule has 1 aromatic carbocycles. The Labute approximate surface area is 202 Å². The van der Waals surface area contributed by atoms with Crippen LogP contribution in [0.5, 0.6) is 0 Å². The molecule has 1 aromatic heterocycles. The van der Waals surface area contributed by atoms with Gasteiger partial charge in [0, 0.05) is 25.2 Å². The predicted molar refractivity (Wildman–Crippen MR) is 130 cm³/mol. The molecule has 2 aliphatic rings. The average Bonchev–Trinajstić information content (AvgIpc) is 2.82. The summed E-state index contributed by atoms with van der Waals surface area (Å²) in [5, 5.41) is 3.42. The Balaban J connectivity index is 1.46. The highest BCUT2D eigenvalue weighted by Gasteiger charge is 2.29. The Morgan fingerprint density at radius 3 is 2.44 bits per heavy atom. The van der Waals surface area contributed by atoms with E-state index < -0.39 is 15.4 Å². The van der Waals surface area contributed by atoms with Gasteiger partial charge in [-0.15, -0.1) is 0 Å². The lowest BCUT2D eigenvalue weighted by atomic mass is 9.97. The molecule has 0 bridgehead atoms. The van der Waals surface area contributed by atoms with Crippen molar-refractivity contribution in [3.63, 3.8) is 0 Å². The van der Waals surface area contributed by atoms with E-state index in [1.807, 2.05) is 20.8 Å². The molecule has 1 fully saturated rings. The summed E-state index contributed by atoms with van der Waals surface area (Å²) in [6.07, 6.45) is 4.79. The Morgan fingerprint density at radius 1 is 1.09 bits per heavy atom. The van der Waals surface area contributed by atoms with Gasteiger partial charge in [0.1, 0.15) is 5.60 Å². The molecule has 1 aliphatic heterocycles. The minimum atomic E-state index is -3.73. The maximum Gasteiger partial charge on any atom is 0.410 e. The van der Waals surface area contributed by atoms with Crippen molar-refractivity contribution in [3.05, 3.63) is 41.6 Å². The van der Waals surface area contributed by atoms with E-state index in [0.717, 1.165) is 43.4 Å². The molecule has 0 radical (unpaired) electrons. The monoisotopic (exact) mass is 486 g/mol. The molecule has 1 amide bonds. The maximum atomic E-state index is 13.4. The van der Waals surface area contributed by atoms with Gasteiger partial charge in [0.2, 0.25) is 15.8 Å². The van der Waals surface area contributed by atoms with Gasteiger partial charge < -0.3 is 15.0 Å². The van der Waals surface area contributed by atoms with Crippen molar-refractivity contribution >= 4 is 21.9 Å². The Hall–Kier alpha value is -2.68. The fourth-order valence-electron chi connectivity index (χ4n) is 4.45. The number of sulfone groups is 1. The lowest BCUT2D eigenvalue weighted by molar-refractivity contribution is 0.0188. The summed E-state index contributed by atoms with van der Waals surface area (Å²) in [6.45, 7) is 7.51. The second kappa shape index (κ2) is 9.90. The van der Waals surface area contributed by atoms with Gasteiger partial charge in [0.05, 0.1) is 10.6 Å².